The summed E-state index contributed by atoms with van der Waals surface area (Å²) >= 11 is 0. The van der Waals surface area contributed by atoms with E-state index in [1.807, 2.05) is 24.3 Å². The van der Waals surface area contributed by atoms with Crippen LogP contribution in [0.2, 0.25) is 0 Å². The van der Waals surface area contributed by atoms with Crippen LogP contribution in [0.15, 0.2) is 121 Å². The first kappa shape index (κ1) is 18.5. The minimum atomic E-state index is 0.933. The predicted octanol–water partition coefficient (Wildman–Crippen LogP) is 7.78. The molecule has 0 fully saturated rings. The van der Waals surface area contributed by atoms with Gasteiger partial charge in [-0.3, -0.25) is 0 Å². The molecule has 0 unspecified atom stereocenters. The Morgan fingerprint density at radius 2 is 0.812 bits per heavy atom. The molecule has 0 saturated heterocycles. The average molecular weight is 409 g/mol. The number of hydrogen-bond acceptors (Lipinski definition) is 2. The predicted molar refractivity (Wildman–Crippen MR) is 133 cm³/mol. The summed E-state index contributed by atoms with van der Waals surface area (Å²) in [5.41, 5.74) is 8.39. The highest BCUT2D eigenvalue weighted by Crippen LogP contribution is 2.30. The Hall–Kier alpha value is -4.30. The number of fused-ring (bicyclic) bond motifs is 3. The van der Waals surface area contributed by atoms with Crippen LogP contribution in [0.5, 0.6) is 0 Å². The molecule has 6 aromatic rings. The second-order valence-corrected chi connectivity index (χ2v) is 7.91. The van der Waals surface area contributed by atoms with Gasteiger partial charge in [0.05, 0.1) is 22.4 Å². The second-order valence-electron chi connectivity index (χ2n) is 7.91. The van der Waals surface area contributed by atoms with E-state index in [0.717, 1.165) is 44.3 Å². The third-order valence-corrected chi connectivity index (χ3v) is 5.85. The fourth-order valence-electron chi connectivity index (χ4n) is 4.19. The summed E-state index contributed by atoms with van der Waals surface area (Å²) in [6, 6.07) is 42.0. The van der Waals surface area contributed by atoms with Gasteiger partial charge >= 0.3 is 0 Å². The average Bonchev–Trinajstić information content (AvgIpc) is 2.89. The van der Waals surface area contributed by atoms with Crippen LogP contribution in [-0.4, -0.2) is 9.97 Å². The smallest absolute Gasteiger partial charge is 0.0972 e. The molecule has 150 valence electrons. The fourth-order valence-corrected chi connectivity index (χ4v) is 4.19. The van der Waals surface area contributed by atoms with Gasteiger partial charge in [0, 0.05) is 21.9 Å². The summed E-state index contributed by atoms with van der Waals surface area (Å²) in [7, 11) is 0. The monoisotopic (exact) mass is 408 g/mol. The van der Waals surface area contributed by atoms with Crippen molar-refractivity contribution in [2.24, 2.45) is 0 Å². The lowest BCUT2D eigenvalue weighted by atomic mass is 10.0. The maximum absolute atomic E-state index is 5.08. The highest BCUT2D eigenvalue weighted by atomic mass is 14.8. The summed E-state index contributed by atoms with van der Waals surface area (Å²) in [6.07, 6.45) is 0. The molecule has 4 aromatic carbocycles. The number of hydrogen-bond donors (Lipinski definition) is 0. The first-order valence-electron chi connectivity index (χ1n) is 10.8. The van der Waals surface area contributed by atoms with Crippen molar-refractivity contribution in [2.75, 3.05) is 0 Å². The molecule has 2 nitrogen and oxygen atoms in total. The van der Waals surface area contributed by atoms with Crippen molar-refractivity contribution in [1.29, 1.82) is 0 Å². The summed E-state index contributed by atoms with van der Waals surface area (Å²) in [6.45, 7) is 0. The molecule has 2 heterocycles. The minimum Gasteiger partial charge on any atom is -0.245 e. The summed E-state index contributed by atoms with van der Waals surface area (Å²) in [4.78, 5) is 10.1. The van der Waals surface area contributed by atoms with Crippen LogP contribution in [0.25, 0.3) is 55.4 Å². The SMILES string of the molecule is c1ccc(-c2cccc(-c3ccc4ccc5ccc(-c6ccccc6)nc5c4n3)c2)cc1. The zero-order valence-corrected chi connectivity index (χ0v) is 17.4. The van der Waals surface area contributed by atoms with Gasteiger partial charge in [-0.1, -0.05) is 103 Å². The van der Waals surface area contributed by atoms with Gasteiger partial charge in [-0.05, 0) is 29.3 Å². The Morgan fingerprint density at radius 3 is 1.44 bits per heavy atom. The number of aromatic nitrogens is 2. The van der Waals surface area contributed by atoms with Crippen LogP contribution in [0.3, 0.4) is 0 Å². The van der Waals surface area contributed by atoms with Crippen LogP contribution < -0.4 is 0 Å². The third kappa shape index (κ3) is 3.32. The highest BCUT2D eigenvalue weighted by Gasteiger charge is 2.09. The first-order chi connectivity index (χ1) is 15.8. The van der Waals surface area contributed by atoms with Gasteiger partial charge in [0.2, 0.25) is 0 Å². The van der Waals surface area contributed by atoms with E-state index in [9.17, 15) is 0 Å². The maximum atomic E-state index is 5.08. The number of rotatable bonds is 3. The maximum Gasteiger partial charge on any atom is 0.0972 e. The summed E-state index contributed by atoms with van der Waals surface area (Å²) in [5, 5.41) is 2.19. The van der Waals surface area contributed by atoms with Gasteiger partial charge in [0.15, 0.2) is 0 Å². The van der Waals surface area contributed by atoms with E-state index >= 15 is 0 Å². The summed E-state index contributed by atoms with van der Waals surface area (Å²) in [5.74, 6) is 0. The molecule has 32 heavy (non-hydrogen) atoms. The van der Waals surface area contributed by atoms with Gasteiger partial charge in [-0.25, -0.2) is 9.97 Å². The zero-order valence-electron chi connectivity index (χ0n) is 17.4. The van der Waals surface area contributed by atoms with Crippen LogP contribution in [0.4, 0.5) is 0 Å². The van der Waals surface area contributed by atoms with Gasteiger partial charge in [-0.2, -0.15) is 0 Å². The lowest BCUT2D eigenvalue weighted by Gasteiger charge is -2.09. The Bertz CT molecular complexity index is 1550. The zero-order chi connectivity index (χ0) is 21.3. The standard InChI is InChI=1S/C30H20N2/c1-3-8-21(9-4-1)25-12-7-13-26(20-25)28-19-17-24-15-14-23-16-18-27(22-10-5-2-6-11-22)31-29(23)30(24)32-28/h1-20H. The van der Waals surface area contributed by atoms with Crippen LogP contribution in [0, 0.1) is 0 Å². The first-order valence-corrected chi connectivity index (χ1v) is 10.8. The Balaban J connectivity index is 1.51. The molecular weight excluding hydrogens is 388 g/mol. The molecule has 0 spiro atoms. The lowest BCUT2D eigenvalue weighted by Crippen LogP contribution is -1.91. The molecule has 0 bridgehead atoms. The van der Waals surface area contributed by atoms with E-state index < -0.39 is 0 Å². The van der Waals surface area contributed by atoms with Crippen molar-refractivity contribution in [3.8, 4) is 33.6 Å². The lowest BCUT2D eigenvalue weighted by molar-refractivity contribution is 1.36. The molecule has 6 rings (SSSR count). The Labute approximate surface area is 186 Å². The molecule has 0 aliphatic carbocycles. The fraction of sp³-hybridized carbons (Fsp3) is 0. The van der Waals surface area contributed by atoms with Gasteiger partial charge in [-0.15, -0.1) is 0 Å². The molecule has 2 aromatic heterocycles. The van der Waals surface area contributed by atoms with Gasteiger partial charge in [0.25, 0.3) is 0 Å². The molecule has 0 atom stereocenters. The van der Waals surface area contributed by atoms with E-state index in [2.05, 4.69) is 97.1 Å². The molecule has 2 heteroatoms. The van der Waals surface area contributed by atoms with Crippen molar-refractivity contribution < 1.29 is 0 Å². The van der Waals surface area contributed by atoms with Crippen molar-refractivity contribution >= 4 is 21.8 Å². The molecule has 0 radical (unpaired) electrons. The molecule has 0 amide bonds. The third-order valence-electron chi connectivity index (χ3n) is 5.85. The molecule has 0 N–H and O–H groups in total. The second kappa shape index (κ2) is 7.75. The molecule has 0 aliphatic rings. The van der Waals surface area contributed by atoms with Gasteiger partial charge in [0.1, 0.15) is 0 Å². The van der Waals surface area contributed by atoms with E-state index in [1.165, 1.54) is 11.1 Å². The quantitative estimate of drug-likeness (QED) is 0.279. The number of pyridine rings is 2. The molecule has 0 aliphatic heterocycles. The van der Waals surface area contributed by atoms with Crippen LogP contribution >= 0.6 is 0 Å². The van der Waals surface area contributed by atoms with Crippen molar-refractivity contribution in [1.82, 2.24) is 9.97 Å². The summed E-state index contributed by atoms with van der Waals surface area (Å²) < 4.78 is 0. The van der Waals surface area contributed by atoms with E-state index in [1.54, 1.807) is 0 Å². The van der Waals surface area contributed by atoms with Crippen molar-refractivity contribution in [2.45, 2.75) is 0 Å². The van der Waals surface area contributed by atoms with Crippen LogP contribution in [0.1, 0.15) is 0 Å². The molecule has 0 saturated carbocycles. The van der Waals surface area contributed by atoms with Crippen molar-refractivity contribution in [3.05, 3.63) is 121 Å². The topological polar surface area (TPSA) is 25.8 Å². The van der Waals surface area contributed by atoms with Crippen molar-refractivity contribution in [3.63, 3.8) is 0 Å². The molecular formula is C30H20N2. The normalized spacial score (nSPS) is 11.1. The number of benzene rings is 4. The number of nitrogens with zero attached hydrogens (tertiary/aromatic N) is 2. The van der Waals surface area contributed by atoms with E-state index in [0.29, 0.717) is 0 Å². The van der Waals surface area contributed by atoms with E-state index in [-0.39, 0.29) is 0 Å². The Kier molecular flexibility index (Phi) is 4.47. The largest absolute Gasteiger partial charge is 0.245 e. The van der Waals surface area contributed by atoms with Gasteiger partial charge < -0.3 is 0 Å². The highest BCUT2D eigenvalue weighted by molar-refractivity contribution is 6.04. The van der Waals surface area contributed by atoms with Crippen LogP contribution in [-0.2, 0) is 0 Å². The van der Waals surface area contributed by atoms with E-state index in [4.69, 9.17) is 9.97 Å². The Morgan fingerprint density at radius 1 is 0.344 bits per heavy atom. The minimum absolute atomic E-state index is 0.933.